The predicted octanol–water partition coefficient (Wildman–Crippen LogP) is 24.5. The Kier molecular flexibility index (Phi) is 15.5. The highest BCUT2D eigenvalue weighted by molar-refractivity contribution is 6.78. The Balaban J connectivity index is 0.000000102. The van der Waals surface area contributed by atoms with Crippen LogP contribution in [0.1, 0.15) is 5.56 Å². The number of aromatic nitrogens is 2. The van der Waals surface area contributed by atoms with Gasteiger partial charge in [-0.1, -0.05) is 255 Å². The smallest absolute Gasteiger partial charge is 0.524 e. The number of hydrogen-bond donors (Lipinski definition) is 0. The first-order valence-corrected chi connectivity index (χ1v) is 40.3. The second kappa shape index (κ2) is 27.2. The van der Waals surface area contributed by atoms with Crippen molar-refractivity contribution in [2.75, 3.05) is 14.4 Å². The Morgan fingerprint density at radius 2 is 0.697 bits per heavy atom. The van der Waals surface area contributed by atoms with Crippen molar-refractivity contribution in [1.29, 1.82) is 5.26 Å². The number of fused-ring (bicyclic) bond motifs is 31. The van der Waals surface area contributed by atoms with Crippen LogP contribution in [-0.2, 0) is 0 Å². The van der Waals surface area contributed by atoms with E-state index in [1.807, 2.05) is 66.9 Å². The molecule has 9 heterocycles. The van der Waals surface area contributed by atoms with Gasteiger partial charge in [0.15, 0.2) is 0 Å². The van der Waals surface area contributed by atoms with Gasteiger partial charge in [0, 0.05) is 72.7 Å². The quantitative estimate of drug-likeness (QED) is 0.151. The molecule has 0 spiro atoms. The van der Waals surface area contributed by atoms with Crippen LogP contribution in [0.3, 0.4) is 0 Å². The maximum absolute atomic E-state index is 10.1. The Labute approximate surface area is 687 Å². The molecule has 13 heteroatoms. The highest BCUT2D eigenvalue weighted by Gasteiger charge is 2.48. The summed E-state index contributed by atoms with van der Waals surface area (Å²) in [5.41, 5.74) is 34.3. The van der Waals surface area contributed by atoms with Crippen molar-refractivity contribution in [1.82, 2.24) is 9.55 Å². The van der Waals surface area contributed by atoms with Crippen molar-refractivity contribution in [2.24, 2.45) is 0 Å². The van der Waals surface area contributed by atoms with Gasteiger partial charge in [0.05, 0.1) is 34.2 Å². The first kappa shape index (κ1) is 67.7. The van der Waals surface area contributed by atoms with Gasteiger partial charge in [-0.15, -0.1) is 0 Å². The number of nitrogens with zero attached hydrogens (tertiary/aromatic N) is 6. The second-order valence-electron chi connectivity index (χ2n) is 31.0. The van der Waals surface area contributed by atoms with E-state index in [4.69, 9.17) is 23.4 Å². The predicted molar refractivity (Wildman–Crippen MR) is 488 cm³/mol. The standard InChI is InChI=1S/C36H21BN4O.C36H22BNO2.C34H22BNO/c38-22-23-18-25(20-26(19-23)40-32-11-3-1-8-27(32)29-10-7-17-39-36(29)40)24-15-16-31-30(21-24)28-9-2-4-12-33(28)41-34-13-5-6-14-35(34)42-37(31)41;1-3-15-32-27(11-1)30-22-24(19-20-31(30)37-38(32)33-16-4-6-18-35(33)40-37)23-9-7-10-25(21-23)26-13-8-14-29-28-12-2-5-17-34(28)39-36(26)29;1-2-9-24-20-27(17-16-23(24)8-1)25-10-7-11-26(21-25)28-18-19-31-30(22-28)29-12-3-4-13-32(29)36-33-14-5-6-15-34(33)37-35(31)36/h1-21H;1-22H;1-22H. The van der Waals surface area contributed by atoms with E-state index in [1.165, 1.54) is 88.7 Å². The van der Waals surface area contributed by atoms with Crippen molar-refractivity contribution in [3.63, 3.8) is 0 Å². The lowest BCUT2D eigenvalue weighted by Gasteiger charge is -2.31. The number of para-hydroxylation sites is 12. The average molecular weight is 1520 g/mol. The number of benzene rings is 17. The summed E-state index contributed by atoms with van der Waals surface area (Å²) >= 11 is 0. The molecule has 3 aromatic heterocycles. The number of nitriles is 1. The van der Waals surface area contributed by atoms with E-state index in [1.54, 1.807) is 0 Å². The van der Waals surface area contributed by atoms with Crippen LogP contribution < -0.4 is 44.8 Å². The molecule has 119 heavy (non-hydrogen) atoms. The van der Waals surface area contributed by atoms with Crippen LogP contribution in [-0.4, -0.2) is 30.7 Å². The zero-order valence-electron chi connectivity index (χ0n) is 64.1. The van der Waals surface area contributed by atoms with Gasteiger partial charge in [-0.3, -0.25) is 4.57 Å². The highest BCUT2D eigenvalue weighted by atomic mass is 16.5. The molecule has 552 valence electrons. The second-order valence-corrected chi connectivity index (χ2v) is 31.0. The molecule has 0 N–H and O–H groups in total. The number of hydrogen-bond acceptors (Lipinski definition) is 9. The minimum absolute atomic E-state index is 0.153. The third kappa shape index (κ3) is 11.0. The summed E-state index contributed by atoms with van der Waals surface area (Å²) in [4.78, 5) is 11.7. The summed E-state index contributed by atoms with van der Waals surface area (Å²) in [5, 5.41) is 17.1. The maximum atomic E-state index is 10.1. The molecular formula is C106H65B3N6O4. The first-order valence-electron chi connectivity index (χ1n) is 40.3. The Bertz CT molecular complexity index is 7630. The molecule has 0 unspecified atom stereocenters. The van der Waals surface area contributed by atoms with Gasteiger partial charge < -0.3 is 32.8 Å². The number of furan rings is 1. The van der Waals surface area contributed by atoms with Crippen LogP contribution >= 0.6 is 0 Å². The summed E-state index contributed by atoms with van der Waals surface area (Å²) in [6, 6.07) is 139. The molecule has 0 saturated carbocycles. The molecule has 17 aromatic carbocycles. The number of pyridine rings is 1. The normalized spacial score (nSPS) is 13.0. The molecule has 0 fully saturated rings. The van der Waals surface area contributed by atoms with Gasteiger partial charge in [-0.2, -0.15) is 5.26 Å². The molecule has 0 atom stereocenters. The van der Waals surface area contributed by atoms with Crippen molar-refractivity contribution in [3.8, 4) is 118 Å². The summed E-state index contributed by atoms with van der Waals surface area (Å²) < 4.78 is 28.0. The monoisotopic (exact) mass is 1520 g/mol. The molecule has 20 aromatic rings. The zero-order chi connectivity index (χ0) is 78.3. The molecule has 0 amide bonds. The van der Waals surface area contributed by atoms with E-state index >= 15 is 0 Å². The zero-order valence-corrected chi connectivity index (χ0v) is 64.1. The molecule has 10 nitrogen and oxygen atoms in total. The van der Waals surface area contributed by atoms with Crippen LogP contribution in [0.4, 0.5) is 34.1 Å². The molecule has 0 bridgehead atoms. The molecule has 6 aliphatic heterocycles. The fourth-order valence-electron chi connectivity index (χ4n) is 18.9. The molecule has 0 saturated heterocycles. The van der Waals surface area contributed by atoms with Gasteiger partial charge in [-0.05, 0) is 227 Å². The van der Waals surface area contributed by atoms with E-state index in [-0.39, 0.29) is 21.2 Å². The molecule has 0 radical (unpaired) electrons. The summed E-state index contributed by atoms with van der Waals surface area (Å²) in [6.45, 7) is 0. The van der Waals surface area contributed by atoms with Crippen molar-refractivity contribution in [2.45, 2.75) is 0 Å². The minimum atomic E-state index is -0.231. The van der Waals surface area contributed by atoms with Gasteiger partial charge >= 0.3 is 21.2 Å². The topological polar surface area (TPSA) is 92.2 Å². The largest absolute Gasteiger partial charge is 0.536 e. The lowest BCUT2D eigenvalue weighted by atomic mass is 9.64. The lowest BCUT2D eigenvalue weighted by molar-refractivity contribution is 0.603. The molecule has 6 aliphatic rings. The van der Waals surface area contributed by atoms with Crippen LogP contribution in [0.2, 0.25) is 0 Å². The van der Waals surface area contributed by atoms with E-state index in [0.717, 1.165) is 128 Å². The SMILES string of the molecule is N#Cc1cc(-c2ccc3c(c2)-c2ccccc2N2B3Oc3ccccc32)cc(-n2c3ccccc3c3cccnc32)c1.c1cc(-c2ccc3c(c2)-c2ccccc2N2B3Oc3ccccc32)cc(-c2ccc3ccccc3c2)c1.c1cc(-c2ccc3c(c2)-c2ccccc2N2B3Oc3ccccc32)cc(-c2cccc3c2oc2ccccc23)c1. The van der Waals surface area contributed by atoms with Crippen LogP contribution in [0.25, 0.3) is 149 Å². The maximum Gasteiger partial charge on any atom is 0.524 e. The Hall–Kier alpha value is -15.8. The average Bonchev–Trinajstić information content (AvgIpc) is 1.66. The first-order chi connectivity index (χ1) is 58.9. The lowest BCUT2D eigenvalue weighted by Crippen LogP contribution is -2.50. The van der Waals surface area contributed by atoms with Crippen molar-refractivity contribution < 1.29 is 18.4 Å². The molecular weight excluding hydrogens is 1450 g/mol. The van der Waals surface area contributed by atoms with Gasteiger partial charge in [0.25, 0.3) is 0 Å². The van der Waals surface area contributed by atoms with E-state index in [9.17, 15) is 5.26 Å². The van der Waals surface area contributed by atoms with Crippen LogP contribution in [0.5, 0.6) is 17.2 Å². The summed E-state index contributed by atoms with van der Waals surface area (Å²) in [7, 11) is -0.556. The summed E-state index contributed by atoms with van der Waals surface area (Å²) in [6.07, 6.45) is 1.82. The minimum Gasteiger partial charge on any atom is -0.536 e. The number of anilines is 6. The Morgan fingerprint density at radius 3 is 1.27 bits per heavy atom. The fraction of sp³-hybridized carbons (Fsp3) is 0. The van der Waals surface area contributed by atoms with Crippen LogP contribution in [0.15, 0.2) is 399 Å². The third-order valence-electron chi connectivity index (χ3n) is 24.4. The van der Waals surface area contributed by atoms with E-state index in [2.05, 4.69) is 353 Å². The van der Waals surface area contributed by atoms with Gasteiger partial charge in [0.1, 0.15) is 34.1 Å². The molecule has 26 rings (SSSR count). The van der Waals surface area contributed by atoms with Crippen molar-refractivity contribution >= 4 is 126 Å². The summed E-state index contributed by atoms with van der Waals surface area (Å²) in [5.74, 6) is 2.74. The van der Waals surface area contributed by atoms with Crippen molar-refractivity contribution in [3.05, 3.63) is 400 Å². The van der Waals surface area contributed by atoms with Crippen LogP contribution in [0, 0.1) is 11.3 Å². The van der Waals surface area contributed by atoms with E-state index < -0.39 is 0 Å². The van der Waals surface area contributed by atoms with Gasteiger partial charge in [-0.25, -0.2) is 4.98 Å². The number of rotatable bonds is 6. The highest BCUT2D eigenvalue weighted by Crippen LogP contribution is 2.52. The van der Waals surface area contributed by atoms with Gasteiger partial charge in [0.2, 0.25) is 0 Å². The van der Waals surface area contributed by atoms with E-state index in [0.29, 0.717) is 5.56 Å². The Morgan fingerprint density at radius 1 is 0.277 bits per heavy atom. The third-order valence-corrected chi connectivity index (χ3v) is 24.4. The fourth-order valence-corrected chi connectivity index (χ4v) is 18.9. The molecule has 0 aliphatic carbocycles.